The van der Waals surface area contributed by atoms with Crippen molar-refractivity contribution in [3.63, 3.8) is 0 Å². The summed E-state index contributed by atoms with van der Waals surface area (Å²) in [6.45, 7) is 5.67. The summed E-state index contributed by atoms with van der Waals surface area (Å²) in [7, 11) is 0. The Kier molecular flexibility index (Phi) is 2.50. The molecule has 3 rings (SSSR count). The summed E-state index contributed by atoms with van der Waals surface area (Å²) in [5.41, 5.74) is 0.0321. The van der Waals surface area contributed by atoms with Crippen LogP contribution in [0.1, 0.15) is 46.5 Å². The zero-order valence-electron chi connectivity index (χ0n) is 11.7. The molecule has 0 spiro atoms. The van der Waals surface area contributed by atoms with E-state index in [1.165, 1.54) is 0 Å². The fourth-order valence-corrected chi connectivity index (χ4v) is 4.17. The molecule has 0 aromatic rings. The normalized spacial score (nSPS) is 45.9. The second-order valence-electron chi connectivity index (χ2n) is 6.52. The van der Waals surface area contributed by atoms with Crippen molar-refractivity contribution in [2.75, 3.05) is 0 Å². The molecule has 0 amide bonds. The van der Waals surface area contributed by atoms with Crippen LogP contribution in [-0.2, 0) is 14.3 Å². The maximum Gasteiger partial charge on any atom is 0.337 e. The van der Waals surface area contributed by atoms with Gasteiger partial charge < -0.3 is 9.84 Å². The van der Waals surface area contributed by atoms with Crippen LogP contribution in [0.2, 0.25) is 0 Å². The molecule has 1 heterocycles. The van der Waals surface area contributed by atoms with E-state index in [0.717, 1.165) is 19.3 Å². The van der Waals surface area contributed by atoms with Gasteiger partial charge in [-0.3, -0.25) is 4.79 Å². The molecule has 2 fully saturated rings. The van der Waals surface area contributed by atoms with E-state index < -0.39 is 17.2 Å². The lowest BCUT2D eigenvalue weighted by molar-refractivity contribution is -0.203. The van der Waals surface area contributed by atoms with E-state index in [-0.39, 0.29) is 28.8 Å². The molecule has 3 aliphatic rings. The Labute approximate surface area is 112 Å². The first-order valence-corrected chi connectivity index (χ1v) is 7.02. The number of fused-ring (bicyclic) bond motifs is 2. The Bertz CT molecular complexity index is 506. The van der Waals surface area contributed by atoms with Gasteiger partial charge in [0.25, 0.3) is 0 Å². The van der Waals surface area contributed by atoms with Crippen LogP contribution in [0.25, 0.3) is 0 Å². The van der Waals surface area contributed by atoms with Gasteiger partial charge in [0.15, 0.2) is 5.78 Å². The van der Waals surface area contributed by atoms with Crippen molar-refractivity contribution >= 4 is 11.8 Å². The van der Waals surface area contributed by atoms with Crippen LogP contribution >= 0.6 is 0 Å². The highest BCUT2D eigenvalue weighted by Crippen LogP contribution is 2.57. The predicted octanol–water partition coefficient (Wildman–Crippen LogP) is 1.96. The number of ether oxygens (including phenoxy) is 1. The van der Waals surface area contributed by atoms with Gasteiger partial charge in [0, 0.05) is 17.4 Å². The summed E-state index contributed by atoms with van der Waals surface area (Å²) in [5, 5.41) is 10.5. The number of Topliss-reactive ketones (excluding diaryl/α,β-unsaturated/α-hetero) is 1. The maximum atomic E-state index is 12.9. The summed E-state index contributed by atoms with van der Waals surface area (Å²) in [6.07, 6.45) is 3.37. The summed E-state index contributed by atoms with van der Waals surface area (Å²) < 4.78 is 5.09. The van der Waals surface area contributed by atoms with E-state index in [1.54, 1.807) is 6.92 Å². The quantitative estimate of drug-likeness (QED) is 0.679. The SMILES string of the molecule is CC1=C2C(=O)C3(C)C(C)CCCC3CC2(O)OC1=O. The van der Waals surface area contributed by atoms with Crippen molar-refractivity contribution in [2.45, 2.75) is 52.2 Å². The first-order chi connectivity index (χ1) is 8.80. The summed E-state index contributed by atoms with van der Waals surface area (Å²) in [6, 6.07) is 0. The van der Waals surface area contributed by atoms with Gasteiger partial charge in [0.05, 0.1) is 5.57 Å². The number of aliphatic hydroxyl groups is 1. The topological polar surface area (TPSA) is 63.6 Å². The molecule has 4 heteroatoms. The molecule has 4 unspecified atom stereocenters. The highest BCUT2D eigenvalue weighted by Gasteiger charge is 2.62. The minimum absolute atomic E-state index is 0.0817. The number of hydrogen-bond acceptors (Lipinski definition) is 4. The first-order valence-electron chi connectivity index (χ1n) is 7.02. The molecule has 104 valence electrons. The van der Waals surface area contributed by atoms with Gasteiger partial charge in [-0.05, 0) is 31.6 Å². The highest BCUT2D eigenvalue weighted by atomic mass is 16.7. The first kappa shape index (κ1) is 12.9. The Morgan fingerprint density at radius 2 is 2.00 bits per heavy atom. The van der Waals surface area contributed by atoms with Crippen molar-refractivity contribution in [3.05, 3.63) is 11.1 Å². The van der Waals surface area contributed by atoms with Crippen LogP contribution in [0.5, 0.6) is 0 Å². The van der Waals surface area contributed by atoms with Crippen molar-refractivity contribution in [1.82, 2.24) is 0 Å². The molecule has 2 saturated carbocycles. The third-order valence-corrected chi connectivity index (χ3v) is 5.63. The van der Waals surface area contributed by atoms with Crippen molar-refractivity contribution in [2.24, 2.45) is 17.3 Å². The number of esters is 1. The van der Waals surface area contributed by atoms with E-state index in [9.17, 15) is 14.7 Å². The van der Waals surface area contributed by atoms with Gasteiger partial charge in [-0.1, -0.05) is 20.3 Å². The van der Waals surface area contributed by atoms with Crippen molar-refractivity contribution < 1.29 is 19.4 Å². The lowest BCUT2D eigenvalue weighted by Gasteiger charge is -2.51. The summed E-state index contributed by atoms with van der Waals surface area (Å²) >= 11 is 0. The molecule has 4 nitrogen and oxygen atoms in total. The molecule has 0 bridgehead atoms. The number of carbonyl (C=O) groups excluding carboxylic acids is 2. The zero-order valence-corrected chi connectivity index (χ0v) is 11.7. The number of rotatable bonds is 0. The van der Waals surface area contributed by atoms with Crippen LogP contribution in [-0.4, -0.2) is 22.6 Å². The monoisotopic (exact) mass is 264 g/mol. The van der Waals surface area contributed by atoms with Crippen LogP contribution in [0.15, 0.2) is 11.1 Å². The van der Waals surface area contributed by atoms with Crippen LogP contribution in [0, 0.1) is 17.3 Å². The summed E-state index contributed by atoms with van der Waals surface area (Å²) in [5.74, 6) is -1.93. The number of carbonyl (C=O) groups is 2. The standard InChI is InChI=1S/C15H20O4/c1-8-5-4-6-10-7-15(18)11(9(2)13(17)19-15)12(16)14(8,10)3/h8,10,18H,4-7H2,1-3H3. The summed E-state index contributed by atoms with van der Waals surface area (Å²) in [4.78, 5) is 24.6. The molecule has 19 heavy (non-hydrogen) atoms. The second-order valence-corrected chi connectivity index (χ2v) is 6.52. The molecule has 0 radical (unpaired) electrons. The van der Waals surface area contributed by atoms with Gasteiger partial charge >= 0.3 is 5.97 Å². The molecule has 1 aliphatic heterocycles. The molecule has 4 atom stereocenters. The Morgan fingerprint density at radius 3 is 2.68 bits per heavy atom. The van der Waals surface area contributed by atoms with E-state index in [1.807, 2.05) is 6.92 Å². The molecule has 1 N–H and O–H groups in total. The van der Waals surface area contributed by atoms with Gasteiger partial charge in [0.2, 0.25) is 5.79 Å². The van der Waals surface area contributed by atoms with E-state index in [2.05, 4.69) is 6.92 Å². The van der Waals surface area contributed by atoms with Gasteiger partial charge in [-0.25, -0.2) is 4.79 Å². The fourth-order valence-electron chi connectivity index (χ4n) is 4.17. The lowest BCUT2D eigenvalue weighted by Crippen LogP contribution is -2.55. The van der Waals surface area contributed by atoms with Gasteiger partial charge in [0.1, 0.15) is 0 Å². The third kappa shape index (κ3) is 1.43. The molecule has 2 aliphatic carbocycles. The van der Waals surface area contributed by atoms with Crippen LogP contribution in [0.4, 0.5) is 0 Å². The van der Waals surface area contributed by atoms with Crippen LogP contribution in [0.3, 0.4) is 0 Å². The molecular formula is C15H20O4. The van der Waals surface area contributed by atoms with E-state index >= 15 is 0 Å². The maximum absolute atomic E-state index is 12.9. The fraction of sp³-hybridized carbons (Fsp3) is 0.733. The number of hydrogen-bond donors (Lipinski definition) is 1. The minimum Gasteiger partial charge on any atom is -0.425 e. The van der Waals surface area contributed by atoms with E-state index in [4.69, 9.17) is 4.74 Å². The predicted molar refractivity (Wildman–Crippen MR) is 68.0 cm³/mol. The average molecular weight is 264 g/mol. The zero-order chi connectivity index (χ0) is 14.0. The smallest absolute Gasteiger partial charge is 0.337 e. The van der Waals surface area contributed by atoms with Crippen molar-refractivity contribution in [3.8, 4) is 0 Å². The number of ketones is 1. The van der Waals surface area contributed by atoms with Crippen molar-refractivity contribution in [1.29, 1.82) is 0 Å². The molecular weight excluding hydrogens is 244 g/mol. The van der Waals surface area contributed by atoms with Crippen LogP contribution < -0.4 is 0 Å². The molecule has 0 aromatic heterocycles. The Balaban J connectivity index is 2.13. The molecule has 0 aromatic carbocycles. The largest absolute Gasteiger partial charge is 0.425 e. The third-order valence-electron chi connectivity index (χ3n) is 5.63. The molecule has 0 saturated heterocycles. The second kappa shape index (κ2) is 3.69. The van der Waals surface area contributed by atoms with E-state index in [0.29, 0.717) is 6.42 Å². The Morgan fingerprint density at radius 1 is 1.32 bits per heavy atom. The minimum atomic E-state index is -1.67. The van der Waals surface area contributed by atoms with Gasteiger partial charge in [-0.15, -0.1) is 0 Å². The Hall–Kier alpha value is -1.16. The lowest BCUT2D eigenvalue weighted by atomic mass is 9.53. The average Bonchev–Trinajstić information content (AvgIpc) is 2.55. The highest BCUT2D eigenvalue weighted by molar-refractivity contribution is 6.11. The van der Waals surface area contributed by atoms with Gasteiger partial charge in [-0.2, -0.15) is 0 Å².